The topological polar surface area (TPSA) is 85.4 Å². The lowest BCUT2D eigenvalue weighted by Crippen LogP contribution is -2.19. The van der Waals surface area contributed by atoms with E-state index in [1.165, 1.54) is 30.0 Å². The van der Waals surface area contributed by atoms with Crippen LogP contribution in [0.15, 0.2) is 71.3 Å². The van der Waals surface area contributed by atoms with Gasteiger partial charge in [0.05, 0.1) is 16.9 Å². The summed E-state index contributed by atoms with van der Waals surface area (Å²) in [5.74, 6) is 0.992. The molecule has 2 aromatic carbocycles. The van der Waals surface area contributed by atoms with Crippen LogP contribution in [0.2, 0.25) is 5.02 Å². The monoisotopic (exact) mass is 402 g/mol. The Hall–Kier alpha value is -2.77. The molecular formula is C19H15ClN2O4S. The van der Waals surface area contributed by atoms with E-state index in [1.807, 2.05) is 36.4 Å². The zero-order valence-electron chi connectivity index (χ0n) is 14.0. The van der Waals surface area contributed by atoms with Crippen LogP contribution in [-0.2, 0) is 10.5 Å². The molecule has 0 aliphatic rings. The summed E-state index contributed by atoms with van der Waals surface area (Å²) in [4.78, 5) is 23.3. The first kappa shape index (κ1) is 19.0. The van der Waals surface area contributed by atoms with Crippen molar-refractivity contribution in [3.8, 4) is 0 Å². The highest BCUT2D eigenvalue weighted by Gasteiger charge is 2.23. The Kier molecular flexibility index (Phi) is 6.16. The van der Waals surface area contributed by atoms with Crippen molar-refractivity contribution in [2.24, 2.45) is 0 Å². The largest absolute Gasteiger partial charge is 0.468 e. The maximum Gasteiger partial charge on any atom is 0.289 e. The van der Waals surface area contributed by atoms with Gasteiger partial charge in [0, 0.05) is 11.8 Å². The van der Waals surface area contributed by atoms with Crippen LogP contribution in [0.1, 0.15) is 16.6 Å². The van der Waals surface area contributed by atoms with Crippen molar-refractivity contribution in [2.75, 3.05) is 5.32 Å². The summed E-state index contributed by atoms with van der Waals surface area (Å²) in [6.45, 7) is 0. The summed E-state index contributed by atoms with van der Waals surface area (Å²) in [7, 11) is 0. The number of halogens is 1. The van der Waals surface area contributed by atoms with Crippen LogP contribution in [0.4, 0.5) is 11.4 Å². The Morgan fingerprint density at radius 1 is 1.19 bits per heavy atom. The zero-order chi connectivity index (χ0) is 19.2. The number of anilines is 1. The maximum atomic E-state index is 12.9. The van der Waals surface area contributed by atoms with Crippen molar-refractivity contribution in [1.82, 2.24) is 0 Å². The zero-order valence-corrected chi connectivity index (χ0v) is 15.6. The molecule has 1 heterocycles. The number of nitrogens with zero attached hydrogens (tertiary/aromatic N) is 1. The minimum absolute atomic E-state index is 0.0183. The number of nitro groups is 1. The quantitative estimate of drug-likeness (QED) is 0.419. The molecule has 0 spiro atoms. The molecule has 1 atom stereocenters. The van der Waals surface area contributed by atoms with Crippen LogP contribution >= 0.6 is 23.4 Å². The van der Waals surface area contributed by atoms with E-state index in [9.17, 15) is 14.9 Å². The van der Waals surface area contributed by atoms with Crippen LogP contribution in [0.5, 0.6) is 0 Å². The Morgan fingerprint density at radius 2 is 1.96 bits per heavy atom. The summed E-state index contributed by atoms with van der Waals surface area (Å²) >= 11 is 7.23. The number of carbonyl (C=O) groups is 1. The molecule has 138 valence electrons. The predicted octanol–water partition coefficient (Wildman–Crippen LogP) is 5.45. The average Bonchev–Trinajstić information content (AvgIpc) is 3.18. The first-order valence-corrected chi connectivity index (χ1v) is 9.41. The molecule has 0 radical (unpaired) electrons. The van der Waals surface area contributed by atoms with Gasteiger partial charge in [0.2, 0.25) is 5.91 Å². The van der Waals surface area contributed by atoms with Gasteiger partial charge in [-0.3, -0.25) is 14.9 Å². The maximum absolute atomic E-state index is 12.9. The fourth-order valence-electron chi connectivity index (χ4n) is 2.45. The molecule has 0 unspecified atom stereocenters. The SMILES string of the molecule is O=C(Nc1ccc(Cl)c([N+](=O)[O-])c1)[C@H](SCc1ccco1)c1ccccc1. The first-order valence-electron chi connectivity index (χ1n) is 7.98. The van der Waals surface area contributed by atoms with E-state index >= 15 is 0 Å². The van der Waals surface area contributed by atoms with Crippen LogP contribution in [0.3, 0.4) is 0 Å². The second-order valence-electron chi connectivity index (χ2n) is 5.59. The van der Waals surface area contributed by atoms with E-state index in [-0.39, 0.29) is 16.6 Å². The minimum atomic E-state index is -0.585. The summed E-state index contributed by atoms with van der Waals surface area (Å²) in [5, 5.41) is 13.3. The molecule has 8 heteroatoms. The summed E-state index contributed by atoms with van der Waals surface area (Å²) < 4.78 is 5.33. The van der Waals surface area contributed by atoms with E-state index < -0.39 is 10.2 Å². The van der Waals surface area contributed by atoms with Gasteiger partial charge in [0.15, 0.2) is 0 Å². The number of thioether (sulfide) groups is 1. The van der Waals surface area contributed by atoms with E-state index in [4.69, 9.17) is 16.0 Å². The van der Waals surface area contributed by atoms with E-state index in [0.29, 0.717) is 11.4 Å². The first-order chi connectivity index (χ1) is 13.0. The van der Waals surface area contributed by atoms with Crippen molar-refractivity contribution < 1.29 is 14.1 Å². The molecule has 1 N–H and O–H groups in total. The Bertz CT molecular complexity index is 932. The molecule has 1 aromatic heterocycles. The van der Waals surface area contributed by atoms with Gasteiger partial charge in [0.25, 0.3) is 5.69 Å². The van der Waals surface area contributed by atoms with E-state index in [2.05, 4.69) is 5.32 Å². The van der Waals surface area contributed by atoms with Crippen LogP contribution in [-0.4, -0.2) is 10.8 Å². The fraction of sp³-hybridized carbons (Fsp3) is 0.105. The lowest BCUT2D eigenvalue weighted by Gasteiger charge is -2.16. The standard InChI is InChI=1S/C19H15ClN2O4S/c20-16-9-8-14(11-17(16)22(24)25)21-19(23)18(13-5-2-1-3-6-13)27-12-15-7-4-10-26-15/h1-11,18H,12H2,(H,21,23)/t18-/m1/s1. The van der Waals surface area contributed by atoms with Crippen molar-refractivity contribution in [3.63, 3.8) is 0 Å². The third-order valence-electron chi connectivity index (χ3n) is 3.72. The predicted molar refractivity (Wildman–Crippen MR) is 106 cm³/mol. The Labute approximate surface area is 164 Å². The molecule has 1 amide bonds. The van der Waals surface area contributed by atoms with Crippen molar-refractivity contribution in [2.45, 2.75) is 11.0 Å². The molecular weight excluding hydrogens is 388 g/mol. The number of rotatable bonds is 7. The fourth-order valence-corrected chi connectivity index (χ4v) is 3.69. The molecule has 6 nitrogen and oxygen atoms in total. The van der Waals surface area contributed by atoms with Crippen LogP contribution in [0.25, 0.3) is 0 Å². The molecule has 3 rings (SSSR count). The molecule has 0 aliphatic heterocycles. The minimum Gasteiger partial charge on any atom is -0.468 e. The molecule has 0 aliphatic carbocycles. The molecule has 0 saturated carbocycles. The van der Waals surface area contributed by atoms with Crippen molar-refractivity contribution in [1.29, 1.82) is 0 Å². The summed E-state index contributed by atoms with van der Waals surface area (Å²) in [6, 6.07) is 17.1. The Balaban J connectivity index is 1.80. The number of hydrogen-bond acceptors (Lipinski definition) is 5. The van der Waals surface area contributed by atoms with Crippen LogP contribution in [0, 0.1) is 10.1 Å². The van der Waals surface area contributed by atoms with Gasteiger partial charge in [-0.2, -0.15) is 0 Å². The van der Waals surface area contributed by atoms with Gasteiger partial charge in [-0.05, 0) is 29.8 Å². The van der Waals surface area contributed by atoms with Crippen molar-refractivity contribution >= 4 is 40.6 Å². The van der Waals surface area contributed by atoms with Gasteiger partial charge in [-0.1, -0.05) is 41.9 Å². The van der Waals surface area contributed by atoms with E-state index in [0.717, 1.165) is 11.3 Å². The van der Waals surface area contributed by atoms with Gasteiger partial charge in [0.1, 0.15) is 16.0 Å². The van der Waals surface area contributed by atoms with Gasteiger partial charge < -0.3 is 9.73 Å². The number of nitrogens with one attached hydrogen (secondary N) is 1. The number of carbonyl (C=O) groups excluding carboxylic acids is 1. The molecule has 0 fully saturated rings. The highest BCUT2D eigenvalue weighted by molar-refractivity contribution is 7.99. The second kappa shape index (κ2) is 8.75. The number of amides is 1. The highest BCUT2D eigenvalue weighted by atomic mass is 35.5. The second-order valence-corrected chi connectivity index (χ2v) is 7.09. The smallest absolute Gasteiger partial charge is 0.289 e. The highest BCUT2D eigenvalue weighted by Crippen LogP contribution is 2.34. The average molecular weight is 403 g/mol. The number of hydrogen-bond donors (Lipinski definition) is 1. The van der Waals surface area contributed by atoms with Crippen molar-refractivity contribution in [3.05, 3.63) is 93.4 Å². The summed E-state index contributed by atoms with van der Waals surface area (Å²) in [6.07, 6.45) is 1.58. The molecule has 0 saturated heterocycles. The lowest BCUT2D eigenvalue weighted by atomic mass is 10.1. The number of nitro benzene ring substituents is 1. The summed E-state index contributed by atoms with van der Waals surface area (Å²) in [5.41, 5.74) is 0.889. The normalized spacial score (nSPS) is 11.7. The van der Waals surface area contributed by atoms with Gasteiger partial charge >= 0.3 is 0 Å². The van der Waals surface area contributed by atoms with E-state index in [1.54, 1.807) is 12.3 Å². The third-order valence-corrected chi connectivity index (χ3v) is 5.31. The molecule has 27 heavy (non-hydrogen) atoms. The van der Waals surface area contributed by atoms with Gasteiger partial charge in [-0.15, -0.1) is 11.8 Å². The Morgan fingerprint density at radius 3 is 2.63 bits per heavy atom. The lowest BCUT2D eigenvalue weighted by molar-refractivity contribution is -0.384. The van der Waals surface area contributed by atoms with Gasteiger partial charge in [-0.25, -0.2) is 0 Å². The third kappa shape index (κ3) is 4.90. The molecule has 0 bridgehead atoms. The molecule has 3 aromatic rings. The number of furan rings is 1. The van der Waals surface area contributed by atoms with Crippen LogP contribution < -0.4 is 5.32 Å². The number of benzene rings is 2.